The van der Waals surface area contributed by atoms with Crippen LogP contribution in [0.2, 0.25) is 5.02 Å². The molecule has 4 nitrogen and oxygen atoms in total. The molecule has 0 bridgehead atoms. The van der Waals surface area contributed by atoms with Crippen molar-refractivity contribution < 1.29 is 15.1 Å². The van der Waals surface area contributed by atoms with E-state index in [1.54, 1.807) is 12.1 Å². The Labute approximate surface area is 127 Å². The summed E-state index contributed by atoms with van der Waals surface area (Å²) in [6.07, 6.45) is 0.116. The first-order valence-electron chi connectivity index (χ1n) is 6.39. The third-order valence-corrected chi connectivity index (χ3v) is 3.34. The summed E-state index contributed by atoms with van der Waals surface area (Å²) < 4.78 is 0. The highest BCUT2D eigenvalue weighted by Gasteiger charge is 2.08. The van der Waals surface area contributed by atoms with Crippen molar-refractivity contribution in [3.8, 4) is 11.1 Å². The highest BCUT2D eigenvalue weighted by Crippen LogP contribution is 2.22. The Morgan fingerprint density at radius 2 is 1.48 bits per heavy atom. The van der Waals surface area contributed by atoms with Crippen LogP contribution in [-0.4, -0.2) is 22.0 Å². The van der Waals surface area contributed by atoms with Crippen LogP contribution in [0, 0.1) is 0 Å². The van der Waals surface area contributed by atoms with E-state index in [9.17, 15) is 4.79 Å². The summed E-state index contributed by atoms with van der Waals surface area (Å²) in [6.45, 7) is 0. The van der Waals surface area contributed by atoms with Gasteiger partial charge in [0.1, 0.15) is 0 Å². The quantitative estimate of drug-likeness (QED) is 0.497. The lowest BCUT2D eigenvalue weighted by atomic mass is 10.0. The van der Waals surface area contributed by atoms with Crippen LogP contribution in [0.25, 0.3) is 11.1 Å². The molecule has 2 rings (SSSR count). The van der Waals surface area contributed by atoms with E-state index in [1.807, 2.05) is 36.4 Å². The van der Waals surface area contributed by atoms with Crippen molar-refractivity contribution in [1.29, 1.82) is 0 Å². The van der Waals surface area contributed by atoms with E-state index >= 15 is 0 Å². The van der Waals surface area contributed by atoms with Crippen molar-refractivity contribution in [2.75, 3.05) is 0 Å². The molecule has 0 saturated heterocycles. The van der Waals surface area contributed by atoms with Gasteiger partial charge in [-0.1, -0.05) is 53.2 Å². The number of carboxylic acid groups (broad SMARTS) is 1. The molecule has 0 saturated carbocycles. The third-order valence-electron chi connectivity index (χ3n) is 3.09. The fourth-order valence-electron chi connectivity index (χ4n) is 1.97. The number of benzene rings is 2. The molecule has 21 heavy (non-hydrogen) atoms. The van der Waals surface area contributed by atoms with Crippen molar-refractivity contribution in [2.45, 2.75) is 12.8 Å². The average molecular weight is 304 g/mol. The van der Waals surface area contributed by atoms with Crippen LogP contribution in [0.1, 0.15) is 18.4 Å². The summed E-state index contributed by atoms with van der Waals surface area (Å²) in [4.78, 5) is 10.6. The number of carbonyl (C=O) groups is 1. The van der Waals surface area contributed by atoms with Gasteiger partial charge in [0, 0.05) is 11.4 Å². The lowest BCUT2D eigenvalue weighted by Gasteiger charge is -2.06. The summed E-state index contributed by atoms with van der Waals surface area (Å²) in [7, 11) is 0. The molecule has 0 radical (unpaired) electrons. The lowest BCUT2D eigenvalue weighted by molar-refractivity contribution is -0.136. The molecule has 0 aliphatic rings. The third kappa shape index (κ3) is 4.07. The van der Waals surface area contributed by atoms with Gasteiger partial charge in [0.25, 0.3) is 0 Å². The molecule has 2 N–H and O–H groups in total. The van der Waals surface area contributed by atoms with Crippen LogP contribution >= 0.6 is 11.6 Å². The normalized spacial score (nSPS) is 11.4. The van der Waals surface area contributed by atoms with E-state index in [4.69, 9.17) is 21.9 Å². The van der Waals surface area contributed by atoms with E-state index in [1.165, 1.54) is 0 Å². The standard InChI is InChI=1S/C16H14ClNO3/c17-14-7-5-12(6-8-14)11-1-3-13(4-2-11)15(18-21)9-10-16(19)20/h1-8,21H,9-10H2,(H,19,20)/b18-15+. The summed E-state index contributed by atoms with van der Waals surface area (Å²) in [6, 6.07) is 14.9. The second-order valence-electron chi connectivity index (χ2n) is 4.52. The Morgan fingerprint density at radius 3 is 1.95 bits per heavy atom. The minimum absolute atomic E-state index is 0.0711. The summed E-state index contributed by atoms with van der Waals surface area (Å²) >= 11 is 5.85. The van der Waals surface area contributed by atoms with E-state index in [0.29, 0.717) is 16.3 Å². The van der Waals surface area contributed by atoms with Crippen LogP contribution in [-0.2, 0) is 4.79 Å². The Morgan fingerprint density at radius 1 is 0.952 bits per heavy atom. The molecule has 108 valence electrons. The van der Waals surface area contributed by atoms with Crippen molar-refractivity contribution in [3.05, 3.63) is 59.1 Å². The van der Waals surface area contributed by atoms with Gasteiger partial charge in [-0.2, -0.15) is 0 Å². The highest BCUT2D eigenvalue weighted by molar-refractivity contribution is 6.30. The number of hydrogen-bond acceptors (Lipinski definition) is 3. The smallest absolute Gasteiger partial charge is 0.303 e. The number of halogens is 1. The zero-order chi connectivity index (χ0) is 15.2. The van der Waals surface area contributed by atoms with Crippen molar-refractivity contribution in [3.63, 3.8) is 0 Å². The van der Waals surface area contributed by atoms with E-state index in [-0.39, 0.29) is 12.8 Å². The van der Waals surface area contributed by atoms with E-state index in [0.717, 1.165) is 11.1 Å². The molecule has 0 aliphatic heterocycles. The molecule has 0 heterocycles. The van der Waals surface area contributed by atoms with Gasteiger partial charge in [-0.3, -0.25) is 4.79 Å². The number of carboxylic acids is 1. The van der Waals surface area contributed by atoms with E-state index in [2.05, 4.69) is 5.16 Å². The van der Waals surface area contributed by atoms with Crippen molar-refractivity contribution >= 4 is 23.3 Å². The number of rotatable bonds is 5. The minimum atomic E-state index is -0.922. The Hall–Kier alpha value is -2.33. The second kappa shape index (κ2) is 6.90. The summed E-state index contributed by atoms with van der Waals surface area (Å²) in [5.41, 5.74) is 3.10. The molecule has 0 aromatic heterocycles. The molecule has 0 aliphatic carbocycles. The van der Waals surface area contributed by atoms with Crippen molar-refractivity contribution in [1.82, 2.24) is 0 Å². The van der Waals surface area contributed by atoms with Gasteiger partial charge in [0.05, 0.1) is 12.1 Å². The Kier molecular flexibility index (Phi) is 4.95. The van der Waals surface area contributed by atoms with Crippen LogP contribution in [0.3, 0.4) is 0 Å². The summed E-state index contributed by atoms with van der Waals surface area (Å²) in [5, 5.41) is 21.5. The van der Waals surface area contributed by atoms with Gasteiger partial charge in [-0.25, -0.2) is 0 Å². The summed E-state index contributed by atoms with van der Waals surface area (Å²) in [5.74, 6) is -0.922. The lowest BCUT2D eigenvalue weighted by Crippen LogP contribution is -2.05. The molecular formula is C16H14ClNO3. The molecule has 0 atom stereocenters. The maximum atomic E-state index is 10.6. The molecule has 0 fully saturated rings. The molecule has 5 heteroatoms. The van der Waals surface area contributed by atoms with Gasteiger partial charge in [-0.15, -0.1) is 0 Å². The van der Waals surface area contributed by atoms with Crippen LogP contribution in [0.15, 0.2) is 53.7 Å². The Bertz CT molecular complexity index is 648. The molecular weight excluding hydrogens is 290 g/mol. The monoisotopic (exact) mass is 303 g/mol. The first-order valence-corrected chi connectivity index (χ1v) is 6.77. The SMILES string of the molecule is O=C(O)CC/C(=N\O)c1ccc(-c2ccc(Cl)cc2)cc1. The minimum Gasteiger partial charge on any atom is -0.481 e. The first kappa shape index (κ1) is 15.1. The molecule has 2 aromatic rings. The molecule has 2 aromatic carbocycles. The van der Waals surface area contributed by atoms with Crippen molar-refractivity contribution in [2.24, 2.45) is 5.16 Å². The highest BCUT2D eigenvalue weighted by atomic mass is 35.5. The maximum Gasteiger partial charge on any atom is 0.303 e. The van der Waals surface area contributed by atoms with E-state index < -0.39 is 5.97 Å². The predicted molar refractivity (Wildman–Crippen MR) is 82.1 cm³/mol. The number of hydrogen-bond donors (Lipinski definition) is 2. The maximum absolute atomic E-state index is 10.6. The van der Waals surface area contributed by atoms with Gasteiger partial charge in [-0.05, 0) is 28.8 Å². The largest absolute Gasteiger partial charge is 0.481 e. The zero-order valence-electron chi connectivity index (χ0n) is 11.2. The molecule has 0 spiro atoms. The second-order valence-corrected chi connectivity index (χ2v) is 4.96. The fraction of sp³-hybridized carbons (Fsp3) is 0.125. The number of nitrogens with zero attached hydrogens (tertiary/aromatic N) is 1. The predicted octanol–water partition coefficient (Wildman–Crippen LogP) is 4.05. The molecule has 0 amide bonds. The first-order chi connectivity index (χ1) is 10.1. The van der Waals surface area contributed by atoms with Gasteiger partial charge in [0.15, 0.2) is 0 Å². The van der Waals surface area contributed by atoms with Gasteiger partial charge in [0.2, 0.25) is 0 Å². The average Bonchev–Trinajstić information content (AvgIpc) is 2.49. The van der Waals surface area contributed by atoms with Crippen LogP contribution < -0.4 is 0 Å². The van der Waals surface area contributed by atoms with Gasteiger partial charge >= 0.3 is 5.97 Å². The zero-order valence-corrected chi connectivity index (χ0v) is 11.9. The number of oxime groups is 1. The van der Waals surface area contributed by atoms with Crippen LogP contribution in [0.5, 0.6) is 0 Å². The Balaban J connectivity index is 2.18. The molecule has 0 unspecified atom stereocenters. The number of aliphatic carboxylic acids is 1. The van der Waals surface area contributed by atoms with Gasteiger partial charge < -0.3 is 10.3 Å². The van der Waals surface area contributed by atoms with Crippen LogP contribution in [0.4, 0.5) is 0 Å². The fourth-order valence-corrected chi connectivity index (χ4v) is 2.10. The topological polar surface area (TPSA) is 69.9 Å².